The maximum atomic E-state index is 12.6. The predicted octanol–water partition coefficient (Wildman–Crippen LogP) is 5.55. The standard InChI is InChI=1S/C22H36N2O2/c1-7-11-21(25)23(17(5)9-3)19-13-15-20(16-14-19)24(18(6)10-4)22(26)12-8-2/h13-18H,7-12H2,1-6H3/t17-,18+. The van der Waals surface area contributed by atoms with Gasteiger partial charge in [-0.3, -0.25) is 9.59 Å². The summed E-state index contributed by atoms with van der Waals surface area (Å²) >= 11 is 0. The number of rotatable bonds is 10. The summed E-state index contributed by atoms with van der Waals surface area (Å²) in [5.41, 5.74) is 1.82. The van der Waals surface area contributed by atoms with Crippen LogP contribution >= 0.6 is 0 Å². The summed E-state index contributed by atoms with van der Waals surface area (Å²) in [6.45, 7) is 12.4. The van der Waals surface area contributed by atoms with Gasteiger partial charge in [0.2, 0.25) is 11.8 Å². The van der Waals surface area contributed by atoms with E-state index in [4.69, 9.17) is 0 Å². The number of benzene rings is 1. The summed E-state index contributed by atoms with van der Waals surface area (Å²) in [5.74, 6) is 0.325. The zero-order chi connectivity index (χ0) is 19.7. The first-order valence-electron chi connectivity index (χ1n) is 10.1. The fourth-order valence-electron chi connectivity index (χ4n) is 3.10. The topological polar surface area (TPSA) is 40.6 Å². The van der Waals surface area contributed by atoms with Gasteiger partial charge in [0.25, 0.3) is 0 Å². The van der Waals surface area contributed by atoms with Gasteiger partial charge in [-0.25, -0.2) is 0 Å². The highest BCUT2D eigenvalue weighted by molar-refractivity contribution is 5.96. The third kappa shape index (κ3) is 5.58. The van der Waals surface area contributed by atoms with E-state index in [1.165, 1.54) is 0 Å². The van der Waals surface area contributed by atoms with Gasteiger partial charge in [0, 0.05) is 36.3 Å². The monoisotopic (exact) mass is 360 g/mol. The Morgan fingerprint density at radius 3 is 1.27 bits per heavy atom. The fourth-order valence-corrected chi connectivity index (χ4v) is 3.10. The molecule has 0 bridgehead atoms. The van der Waals surface area contributed by atoms with E-state index in [2.05, 4.69) is 27.7 Å². The van der Waals surface area contributed by atoms with Crippen LogP contribution in [-0.4, -0.2) is 23.9 Å². The molecule has 0 saturated carbocycles. The number of hydrogen-bond acceptors (Lipinski definition) is 2. The minimum Gasteiger partial charge on any atom is -0.310 e. The van der Waals surface area contributed by atoms with Crippen LogP contribution in [0.5, 0.6) is 0 Å². The molecule has 0 heterocycles. The molecule has 2 atom stereocenters. The normalized spacial score (nSPS) is 13.2. The number of carbonyl (C=O) groups is 2. The largest absolute Gasteiger partial charge is 0.310 e. The van der Waals surface area contributed by atoms with Crippen molar-refractivity contribution in [3.63, 3.8) is 0 Å². The lowest BCUT2D eigenvalue weighted by Gasteiger charge is -2.31. The van der Waals surface area contributed by atoms with Crippen LogP contribution in [0, 0.1) is 0 Å². The van der Waals surface area contributed by atoms with Crippen molar-refractivity contribution in [1.82, 2.24) is 0 Å². The van der Waals surface area contributed by atoms with Crippen LogP contribution in [0.3, 0.4) is 0 Å². The zero-order valence-electron chi connectivity index (χ0n) is 17.4. The third-order valence-electron chi connectivity index (χ3n) is 4.93. The molecule has 1 rings (SSSR count). The molecule has 0 fully saturated rings. The van der Waals surface area contributed by atoms with Crippen molar-refractivity contribution in [2.45, 2.75) is 92.2 Å². The molecule has 0 saturated heterocycles. The number of amides is 2. The summed E-state index contributed by atoms with van der Waals surface area (Å²) < 4.78 is 0. The first-order valence-corrected chi connectivity index (χ1v) is 10.1. The Labute approximate surface area is 159 Å². The van der Waals surface area contributed by atoms with Crippen LogP contribution < -0.4 is 9.80 Å². The quantitative estimate of drug-likeness (QED) is 0.549. The molecule has 0 N–H and O–H groups in total. The Morgan fingerprint density at radius 1 is 0.731 bits per heavy atom. The minimum atomic E-state index is 0.160. The maximum absolute atomic E-state index is 12.6. The lowest BCUT2D eigenvalue weighted by Crippen LogP contribution is -2.39. The molecule has 1 aromatic carbocycles. The molecular weight excluding hydrogens is 324 g/mol. The third-order valence-corrected chi connectivity index (χ3v) is 4.93. The molecule has 0 aliphatic heterocycles. The summed E-state index contributed by atoms with van der Waals surface area (Å²) in [5, 5.41) is 0. The van der Waals surface area contributed by atoms with Crippen LogP contribution in [-0.2, 0) is 9.59 Å². The van der Waals surface area contributed by atoms with E-state index < -0.39 is 0 Å². The summed E-state index contributed by atoms with van der Waals surface area (Å²) in [6.07, 6.45) is 4.62. The van der Waals surface area contributed by atoms with Gasteiger partial charge < -0.3 is 9.80 Å². The number of hydrogen-bond donors (Lipinski definition) is 0. The van der Waals surface area contributed by atoms with E-state index >= 15 is 0 Å². The first kappa shape index (κ1) is 22.2. The maximum Gasteiger partial charge on any atom is 0.227 e. The lowest BCUT2D eigenvalue weighted by atomic mass is 10.1. The summed E-state index contributed by atoms with van der Waals surface area (Å²) in [4.78, 5) is 28.9. The number of anilines is 2. The van der Waals surface area contributed by atoms with Gasteiger partial charge in [-0.05, 0) is 63.8 Å². The second kappa shape index (κ2) is 11.0. The highest BCUT2D eigenvalue weighted by Gasteiger charge is 2.23. The SMILES string of the molecule is CCCC(=O)N(c1ccc(N(C(=O)CCC)[C@@H](C)CC)cc1)[C@H](C)CC. The molecule has 1 aromatic rings. The van der Waals surface area contributed by atoms with Gasteiger partial charge in [0.15, 0.2) is 0 Å². The lowest BCUT2D eigenvalue weighted by molar-refractivity contribution is -0.119. The number of carbonyl (C=O) groups excluding carboxylic acids is 2. The smallest absolute Gasteiger partial charge is 0.227 e. The zero-order valence-corrected chi connectivity index (χ0v) is 17.4. The van der Waals surface area contributed by atoms with Crippen molar-refractivity contribution in [1.29, 1.82) is 0 Å². The predicted molar refractivity (Wildman–Crippen MR) is 111 cm³/mol. The highest BCUT2D eigenvalue weighted by atomic mass is 16.2. The average molecular weight is 361 g/mol. The summed E-state index contributed by atoms with van der Waals surface area (Å²) in [7, 11) is 0. The number of nitrogens with zero attached hydrogens (tertiary/aromatic N) is 2. The molecule has 0 radical (unpaired) electrons. The van der Waals surface area contributed by atoms with E-state index in [-0.39, 0.29) is 23.9 Å². The average Bonchev–Trinajstić information content (AvgIpc) is 2.63. The van der Waals surface area contributed by atoms with Crippen LogP contribution in [0.4, 0.5) is 11.4 Å². The van der Waals surface area contributed by atoms with Gasteiger partial charge in [-0.15, -0.1) is 0 Å². The molecule has 0 unspecified atom stereocenters. The van der Waals surface area contributed by atoms with Gasteiger partial charge in [0.1, 0.15) is 0 Å². The van der Waals surface area contributed by atoms with Gasteiger partial charge >= 0.3 is 0 Å². The van der Waals surface area contributed by atoms with E-state index in [1.807, 2.05) is 47.9 Å². The Kier molecular flexibility index (Phi) is 9.39. The van der Waals surface area contributed by atoms with Crippen molar-refractivity contribution in [3.8, 4) is 0 Å². The van der Waals surface area contributed by atoms with Crippen molar-refractivity contribution in [2.24, 2.45) is 0 Å². The van der Waals surface area contributed by atoms with Crippen LogP contribution in [0.1, 0.15) is 80.1 Å². The van der Waals surface area contributed by atoms with Gasteiger partial charge in [-0.2, -0.15) is 0 Å². The van der Waals surface area contributed by atoms with Crippen molar-refractivity contribution in [2.75, 3.05) is 9.80 Å². The molecule has 0 aliphatic rings. The van der Waals surface area contributed by atoms with E-state index in [0.29, 0.717) is 12.8 Å². The Balaban J connectivity index is 3.16. The Morgan fingerprint density at radius 2 is 1.04 bits per heavy atom. The molecule has 26 heavy (non-hydrogen) atoms. The summed E-state index contributed by atoms with van der Waals surface area (Å²) in [6, 6.07) is 8.22. The first-order chi connectivity index (χ1) is 12.4. The second-order valence-corrected chi connectivity index (χ2v) is 7.06. The van der Waals surface area contributed by atoms with Crippen LogP contribution in [0.25, 0.3) is 0 Å². The van der Waals surface area contributed by atoms with Gasteiger partial charge in [0.05, 0.1) is 0 Å². The van der Waals surface area contributed by atoms with Crippen LogP contribution in [0.15, 0.2) is 24.3 Å². The fraction of sp³-hybridized carbons (Fsp3) is 0.636. The van der Waals surface area contributed by atoms with E-state index in [1.54, 1.807) is 0 Å². The molecule has 4 nitrogen and oxygen atoms in total. The molecule has 0 spiro atoms. The van der Waals surface area contributed by atoms with Crippen molar-refractivity contribution in [3.05, 3.63) is 24.3 Å². The minimum absolute atomic E-state index is 0.160. The van der Waals surface area contributed by atoms with E-state index in [9.17, 15) is 9.59 Å². The molecular formula is C22H36N2O2. The second-order valence-electron chi connectivity index (χ2n) is 7.06. The van der Waals surface area contributed by atoms with Crippen LogP contribution in [0.2, 0.25) is 0 Å². The Hall–Kier alpha value is -1.84. The molecule has 4 heteroatoms. The molecule has 0 aliphatic carbocycles. The highest BCUT2D eigenvalue weighted by Crippen LogP contribution is 2.26. The molecule has 2 amide bonds. The Bertz CT molecular complexity index is 517. The van der Waals surface area contributed by atoms with Crippen molar-refractivity contribution >= 4 is 23.2 Å². The van der Waals surface area contributed by atoms with E-state index in [0.717, 1.165) is 37.1 Å². The van der Waals surface area contributed by atoms with Crippen molar-refractivity contribution < 1.29 is 9.59 Å². The molecule has 0 aromatic heterocycles. The molecule has 146 valence electrons. The van der Waals surface area contributed by atoms with Gasteiger partial charge in [-0.1, -0.05) is 27.7 Å².